The highest BCUT2D eigenvalue weighted by Crippen LogP contribution is 2.23. The van der Waals surface area contributed by atoms with Crippen LogP contribution in [0, 0.1) is 6.92 Å². The minimum atomic E-state index is 0.523. The van der Waals surface area contributed by atoms with E-state index in [1.807, 2.05) is 37.3 Å². The van der Waals surface area contributed by atoms with Crippen molar-refractivity contribution in [2.75, 3.05) is 10.6 Å². The van der Waals surface area contributed by atoms with Crippen LogP contribution in [0.3, 0.4) is 0 Å². The Morgan fingerprint density at radius 2 is 1.61 bits per heavy atom. The minimum Gasteiger partial charge on any atom is -0.367 e. The summed E-state index contributed by atoms with van der Waals surface area (Å²) in [7, 11) is 0. The summed E-state index contributed by atoms with van der Waals surface area (Å²) in [6, 6.07) is 10.1. The van der Waals surface area contributed by atoms with Gasteiger partial charge in [0.25, 0.3) is 0 Å². The van der Waals surface area contributed by atoms with Crippen molar-refractivity contribution in [3.05, 3.63) is 41.2 Å². The molecule has 0 bridgehead atoms. The van der Waals surface area contributed by atoms with Crippen LogP contribution in [0.25, 0.3) is 0 Å². The summed E-state index contributed by atoms with van der Waals surface area (Å²) in [5.74, 6) is 2.47. The Hall–Kier alpha value is -1.81. The highest BCUT2D eigenvalue weighted by Gasteiger charge is 2.13. The van der Waals surface area contributed by atoms with E-state index in [4.69, 9.17) is 11.6 Å². The zero-order valence-electron chi connectivity index (χ0n) is 13.5. The molecule has 1 aromatic heterocycles. The minimum absolute atomic E-state index is 0.523. The van der Waals surface area contributed by atoms with Gasteiger partial charge in [-0.2, -0.15) is 0 Å². The van der Waals surface area contributed by atoms with E-state index in [2.05, 4.69) is 20.6 Å². The fourth-order valence-corrected chi connectivity index (χ4v) is 3.15. The second kappa shape index (κ2) is 7.64. The van der Waals surface area contributed by atoms with Crippen molar-refractivity contribution in [3.8, 4) is 0 Å². The summed E-state index contributed by atoms with van der Waals surface area (Å²) in [5, 5.41) is 7.62. The molecular weight excluding hydrogens is 308 g/mol. The molecule has 2 N–H and O–H groups in total. The number of benzene rings is 1. The highest BCUT2D eigenvalue weighted by molar-refractivity contribution is 6.30. The van der Waals surface area contributed by atoms with Gasteiger partial charge in [0, 0.05) is 22.8 Å². The number of nitrogens with zero attached hydrogens (tertiary/aromatic N) is 2. The molecule has 2 aromatic rings. The second-order valence-corrected chi connectivity index (χ2v) is 6.59. The van der Waals surface area contributed by atoms with E-state index in [1.54, 1.807) is 0 Å². The van der Waals surface area contributed by atoms with E-state index in [9.17, 15) is 0 Å². The molecule has 4 nitrogen and oxygen atoms in total. The molecule has 0 unspecified atom stereocenters. The molecule has 0 spiro atoms. The Kier molecular flexibility index (Phi) is 5.34. The van der Waals surface area contributed by atoms with Crippen LogP contribution in [0.2, 0.25) is 5.02 Å². The van der Waals surface area contributed by atoms with Crippen molar-refractivity contribution in [1.29, 1.82) is 0 Å². The lowest BCUT2D eigenvalue weighted by atomic mass is 10.1. The summed E-state index contributed by atoms with van der Waals surface area (Å²) in [6.45, 7) is 1.92. The molecule has 3 rings (SSSR count). The van der Waals surface area contributed by atoms with Gasteiger partial charge in [-0.25, -0.2) is 9.97 Å². The smallest absolute Gasteiger partial charge is 0.136 e. The molecular formula is C18H23ClN4. The number of halogens is 1. The van der Waals surface area contributed by atoms with Crippen LogP contribution in [-0.4, -0.2) is 16.0 Å². The SMILES string of the molecule is Cc1nc(Nc2ccc(Cl)cc2)cc(NC2CCCCCC2)n1. The van der Waals surface area contributed by atoms with Crippen molar-refractivity contribution in [2.45, 2.75) is 51.5 Å². The first-order valence-corrected chi connectivity index (χ1v) is 8.72. The molecule has 0 atom stereocenters. The van der Waals surface area contributed by atoms with E-state index in [-0.39, 0.29) is 0 Å². The molecule has 0 amide bonds. The van der Waals surface area contributed by atoms with Gasteiger partial charge in [-0.3, -0.25) is 0 Å². The fourth-order valence-electron chi connectivity index (χ4n) is 3.02. The van der Waals surface area contributed by atoms with Gasteiger partial charge in [-0.1, -0.05) is 37.3 Å². The first-order chi connectivity index (χ1) is 11.2. The predicted octanol–water partition coefficient (Wildman–Crippen LogP) is 5.32. The maximum Gasteiger partial charge on any atom is 0.136 e. The van der Waals surface area contributed by atoms with Gasteiger partial charge in [-0.05, 0) is 44.0 Å². The van der Waals surface area contributed by atoms with Crippen LogP contribution in [0.15, 0.2) is 30.3 Å². The Balaban J connectivity index is 1.71. The fraction of sp³-hybridized carbons (Fsp3) is 0.444. The third-order valence-corrected chi connectivity index (χ3v) is 4.41. The van der Waals surface area contributed by atoms with Crippen LogP contribution in [-0.2, 0) is 0 Å². The average Bonchev–Trinajstić information content (AvgIpc) is 2.78. The zero-order valence-corrected chi connectivity index (χ0v) is 14.2. The van der Waals surface area contributed by atoms with Crippen molar-refractivity contribution >= 4 is 28.9 Å². The largest absolute Gasteiger partial charge is 0.367 e. The van der Waals surface area contributed by atoms with Crippen molar-refractivity contribution in [3.63, 3.8) is 0 Å². The van der Waals surface area contributed by atoms with E-state index < -0.39 is 0 Å². The van der Waals surface area contributed by atoms with Gasteiger partial charge in [0.1, 0.15) is 17.5 Å². The number of anilines is 3. The average molecular weight is 331 g/mol. The Morgan fingerprint density at radius 1 is 0.957 bits per heavy atom. The third kappa shape index (κ3) is 4.83. The summed E-state index contributed by atoms with van der Waals surface area (Å²) in [6.07, 6.45) is 7.76. The van der Waals surface area contributed by atoms with E-state index in [0.29, 0.717) is 6.04 Å². The molecule has 5 heteroatoms. The molecule has 1 aromatic carbocycles. The molecule has 1 saturated carbocycles. The molecule has 1 aliphatic rings. The molecule has 0 radical (unpaired) electrons. The molecule has 1 fully saturated rings. The van der Waals surface area contributed by atoms with E-state index in [1.165, 1.54) is 38.5 Å². The summed E-state index contributed by atoms with van der Waals surface area (Å²) >= 11 is 5.92. The summed E-state index contributed by atoms with van der Waals surface area (Å²) < 4.78 is 0. The topological polar surface area (TPSA) is 49.8 Å². The first kappa shape index (κ1) is 16.1. The molecule has 1 aliphatic carbocycles. The number of nitrogens with one attached hydrogen (secondary N) is 2. The predicted molar refractivity (Wildman–Crippen MR) is 96.6 cm³/mol. The summed E-state index contributed by atoms with van der Waals surface area (Å²) in [5.41, 5.74) is 0.966. The standard InChI is InChI=1S/C18H23ClN4/c1-13-20-17(22-15-6-4-2-3-5-7-15)12-18(21-13)23-16-10-8-14(19)9-11-16/h8-12,15H,2-7H2,1H3,(H2,20,21,22,23). The van der Waals surface area contributed by atoms with E-state index >= 15 is 0 Å². The van der Waals surface area contributed by atoms with Gasteiger partial charge in [-0.15, -0.1) is 0 Å². The molecule has 23 heavy (non-hydrogen) atoms. The summed E-state index contributed by atoms with van der Waals surface area (Å²) in [4.78, 5) is 9.00. The van der Waals surface area contributed by atoms with E-state index in [0.717, 1.165) is 28.2 Å². The number of aryl methyl sites for hydroxylation is 1. The van der Waals surface area contributed by atoms with Crippen LogP contribution in [0.1, 0.15) is 44.3 Å². The van der Waals surface area contributed by atoms with Crippen LogP contribution in [0.4, 0.5) is 17.3 Å². The maximum absolute atomic E-state index is 5.92. The van der Waals surface area contributed by atoms with Gasteiger partial charge < -0.3 is 10.6 Å². The Bertz CT molecular complexity index is 634. The molecule has 0 saturated heterocycles. The lowest BCUT2D eigenvalue weighted by Gasteiger charge is -2.18. The van der Waals surface area contributed by atoms with Gasteiger partial charge in [0.05, 0.1) is 0 Å². The van der Waals surface area contributed by atoms with Crippen molar-refractivity contribution in [2.24, 2.45) is 0 Å². The number of hydrogen-bond acceptors (Lipinski definition) is 4. The normalized spacial score (nSPS) is 15.9. The van der Waals surface area contributed by atoms with Gasteiger partial charge in [0.15, 0.2) is 0 Å². The number of hydrogen-bond donors (Lipinski definition) is 2. The first-order valence-electron chi connectivity index (χ1n) is 8.34. The quantitative estimate of drug-likeness (QED) is 0.745. The third-order valence-electron chi connectivity index (χ3n) is 4.16. The highest BCUT2D eigenvalue weighted by atomic mass is 35.5. The van der Waals surface area contributed by atoms with Crippen molar-refractivity contribution < 1.29 is 0 Å². The Labute approximate surface area is 142 Å². The second-order valence-electron chi connectivity index (χ2n) is 6.15. The van der Waals surface area contributed by atoms with Gasteiger partial charge >= 0.3 is 0 Å². The molecule has 0 aliphatic heterocycles. The zero-order chi connectivity index (χ0) is 16.1. The van der Waals surface area contributed by atoms with Crippen LogP contribution >= 0.6 is 11.6 Å². The lowest BCUT2D eigenvalue weighted by molar-refractivity contribution is 0.617. The maximum atomic E-state index is 5.92. The monoisotopic (exact) mass is 330 g/mol. The lowest BCUT2D eigenvalue weighted by Crippen LogP contribution is -2.19. The molecule has 122 valence electrons. The van der Waals surface area contributed by atoms with Gasteiger partial charge in [0.2, 0.25) is 0 Å². The van der Waals surface area contributed by atoms with Crippen LogP contribution in [0.5, 0.6) is 0 Å². The number of rotatable bonds is 4. The van der Waals surface area contributed by atoms with Crippen LogP contribution < -0.4 is 10.6 Å². The Morgan fingerprint density at radius 3 is 2.30 bits per heavy atom. The number of aromatic nitrogens is 2. The molecule has 1 heterocycles. The van der Waals surface area contributed by atoms with Crippen molar-refractivity contribution in [1.82, 2.24) is 9.97 Å².